The van der Waals surface area contributed by atoms with Crippen LogP contribution in [-0.2, 0) is 28.6 Å². The smallest absolute Gasteiger partial charge is 0.306 e. The number of hydrogen-bond donors (Lipinski definition) is 0. The second-order valence-electron chi connectivity index (χ2n) is 19.2. The fraction of sp³-hybridized carbons (Fsp3) is 0.730. The first-order valence-electron chi connectivity index (χ1n) is 29.1. The third kappa shape index (κ3) is 55.4. The van der Waals surface area contributed by atoms with Gasteiger partial charge in [-0.3, -0.25) is 14.4 Å². The summed E-state index contributed by atoms with van der Waals surface area (Å²) in [4.78, 5) is 38.2. The van der Waals surface area contributed by atoms with E-state index in [1.165, 1.54) is 135 Å². The average Bonchev–Trinajstić information content (AvgIpc) is 3.35. The van der Waals surface area contributed by atoms with Gasteiger partial charge >= 0.3 is 17.9 Å². The van der Waals surface area contributed by atoms with Crippen molar-refractivity contribution in [3.05, 3.63) is 85.1 Å². The zero-order valence-corrected chi connectivity index (χ0v) is 45.3. The first-order chi connectivity index (χ1) is 34.0. The summed E-state index contributed by atoms with van der Waals surface area (Å²) in [5.41, 5.74) is 0. The van der Waals surface area contributed by atoms with Gasteiger partial charge in [-0.05, 0) is 89.9 Å². The fourth-order valence-corrected chi connectivity index (χ4v) is 8.05. The molecule has 1 unspecified atom stereocenters. The van der Waals surface area contributed by atoms with Crippen molar-refractivity contribution in [3.63, 3.8) is 0 Å². The first-order valence-corrected chi connectivity index (χ1v) is 29.1. The molecule has 0 rings (SSSR count). The van der Waals surface area contributed by atoms with Gasteiger partial charge in [0.25, 0.3) is 0 Å². The summed E-state index contributed by atoms with van der Waals surface area (Å²) in [6, 6.07) is 0. The van der Waals surface area contributed by atoms with Gasteiger partial charge < -0.3 is 14.2 Å². The van der Waals surface area contributed by atoms with E-state index in [0.717, 1.165) is 103 Å². The molecule has 0 aromatic carbocycles. The standard InChI is InChI=1S/C63H108O6/c1-4-7-10-13-16-19-22-25-28-30-31-33-35-38-41-44-47-50-53-56-62(65)68-59-60(58-67-61(64)55-52-49-46-43-40-37-34-27-24-21-18-15-12-9-6-3)69-63(66)57-54-51-48-45-42-39-36-32-29-26-23-20-17-14-11-8-5-2/h7,10,16,18-19,21,24-25,27-28,31,33,38,41,60H,4-6,8-9,11-15,17,20,22-23,26,29-30,32,34-37,39-40,42-59H2,1-3H3/b10-7-,19-16-,21-18-,27-24-,28-25-,33-31-,41-38-. The lowest BCUT2D eigenvalue weighted by molar-refractivity contribution is -0.167. The summed E-state index contributed by atoms with van der Waals surface area (Å²) < 4.78 is 16.9. The van der Waals surface area contributed by atoms with E-state index in [1.807, 2.05) is 0 Å². The second-order valence-corrected chi connectivity index (χ2v) is 19.2. The zero-order valence-electron chi connectivity index (χ0n) is 45.3. The van der Waals surface area contributed by atoms with Gasteiger partial charge in [-0.2, -0.15) is 0 Å². The van der Waals surface area contributed by atoms with E-state index in [9.17, 15) is 14.4 Å². The third-order valence-corrected chi connectivity index (χ3v) is 12.4. The van der Waals surface area contributed by atoms with Gasteiger partial charge in [0.2, 0.25) is 0 Å². The van der Waals surface area contributed by atoms with E-state index in [4.69, 9.17) is 14.2 Å². The van der Waals surface area contributed by atoms with Gasteiger partial charge in [0.1, 0.15) is 13.2 Å². The lowest BCUT2D eigenvalue weighted by Gasteiger charge is -2.18. The number of hydrogen-bond acceptors (Lipinski definition) is 6. The van der Waals surface area contributed by atoms with Gasteiger partial charge in [0.15, 0.2) is 6.10 Å². The highest BCUT2D eigenvalue weighted by molar-refractivity contribution is 5.71. The Morgan fingerprint density at radius 1 is 0.319 bits per heavy atom. The fourth-order valence-electron chi connectivity index (χ4n) is 8.05. The minimum Gasteiger partial charge on any atom is -0.462 e. The molecule has 0 heterocycles. The van der Waals surface area contributed by atoms with Crippen molar-refractivity contribution in [3.8, 4) is 0 Å². The molecule has 69 heavy (non-hydrogen) atoms. The van der Waals surface area contributed by atoms with Gasteiger partial charge in [0, 0.05) is 19.3 Å². The quantitative estimate of drug-likeness (QED) is 0.0199. The van der Waals surface area contributed by atoms with Crippen LogP contribution >= 0.6 is 0 Å². The Morgan fingerprint density at radius 2 is 0.609 bits per heavy atom. The van der Waals surface area contributed by atoms with Crippen LogP contribution in [0.25, 0.3) is 0 Å². The molecule has 0 aliphatic heterocycles. The van der Waals surface area contributed by atoms with Crippen molar-refractivity contribution < 1.29 is 28.6 Å². The van der Waals surface area contributed by atoms with Crippen molar-refractivity contribution in [2.45, 2.75) is 284 Å². The highest BCUT2D eigenvalue weighted by atomic mass is 16.6. The summed E-state index contributed by atoms with van der Waals surface area (Å²) in [5, 5.41) is 0. The number of unbranched alkanes of at least 4 members (excludes halogenated alkanes) is 28. The molecule has 0 spiro atoms. The summed E-state index contributed by atoms with van der Waals surface area (Å²) in [7, 11) is 0. The molecule has 0 aliphatic carbocycles. The van der Waals surface area contributed by atoms with Crippen LogP contribution in [0.2, 0.25) is 0 Å². The van der Waals surface area contributed by atoms with E-state index in [-0.39, 0.29) is 31.1 Å². The van der Waals surface area contributed by atoms with Gasteiger partial charge in [0.05, 0.1) is 0 Å². The SMILES string of the molecule is CC/C=C\C/C=C\C/C=C\C/C=C\C/C=C\CCCCCC(=O)OCC(COC(=O)CCCCCCCC/C=C\C=C/CCCCC)OC(=O)CCCCCCCCCCCCCCCCCCC. The van der Waals surface area contributed by atoms with Crippen LogP contribution in [0.1, 0.15) is 278 Å². The Hall–Kier alpha value is -3.41. The molecule has 0 aromatic heterocycles. The Morgan fingerprint density at radius 3 is 1.01 bits per heavy atom. The molecular formula is C63H108O6. The van der Waals surface area contributed by atoms with Crippen LogP contribution < -0.4 is 0 Å². The normalized spacial score (nSPS) is 12.7. The van der Waals surface area contributed by atoms with Crippen LogP contribution in [-0.4, -0.2) is 37.2 Å². The Balaban J connectivity index is 4.45. The van der Waals surface area contributed by atoms with Crippen molar-refractivity contribution in [2.75, 3.05) is 13.2 Å². The summed E-state index contributed by atoms with van der Waals surface area (Å²) in [6.45, 7) is 6.48. The molecule has 1 atom stereocenters. The van der Waals surface area contributed by atoms with Crippen LogP contribution in [0.5, 0.6) is 0 Å². The van der Waals surface area contributed by atoms with Crippen molar-refractivity contribution >= 4 is 17.9 Å². The Bertz CT molecular complexity index is 1330. The van der Waals surface area contributed by atoms with E-state index in [1.54, 1.807) is 0 Å². The van der Waals surface area contributed by atoms with Crippen LogP contribution in [0.4, 0.5) is 0 Å². The number of ether oxygens (including phenoxy) is 3. The minimum absolute atomic E-state index is 0.0917. The van der Waals surface area contributed by atoms with E-state index >= 15 is 0 Å². The van der Waals surface area contributed by atoms with Gasteiger partial charge in [-0.15, -0.1) is 0 Å². The third-order valence-electron chi connectivity index (χ3n) is 12.4. The van der Waals surface area contributed by atoms with E-state index in [0.29, 0.717) is 19.3 Å². The molecular weight excluding hydrogens is 853 g/mol. The Labute approximate surface area is 426 Å². The van der Waals surface area contributed by atoms with Gasteiger partial charge in [-0.1, -0.05) is 254 Å². The molecule has 0 bridgehead atoms. The lowest BCUT2D eigenvalue weighted by atomic mass is 10.0. The van der Waals surface area contributed by atoms with E-state index in [2.05, 4.69) is 106 Å². The molecule has 0 radical (unpaired) electrons. The molecule has 0 amide bonds. The lowest BCUT2D eigenvalue weighted by Crippen LogP contribution is -2.30. The van der Waals surface area contributed by atoms with Crippen LogP contribution in [0.3, 0.4) is 0 Å². The molecule has 396 valence electrons. The molecule has 0 aromatic rings. The summed E-state index contributed by atoms with van der Waals surface area (Å²) in [5.74, 6) is -0.926. The maximum absolute atomic E-state index is 12.9. The molecule has 6 heteroatoms. The molecule has 0 saturated heterocycles. The van der Waals surface area contributed by atoms with Crippen molar-refractivity contribution in [1.29, 1.82) is 0 Å². The largest absolute Gasteiger partial charge is 0.462 e. The van der Waals surface area contributed by atoms with Crippen molar-refractivity contribution in [1.82, 2.24) is 0 Å². The maximum atomic E-state index is 12.9. The van der Waals surface area contributed by atoms with Crippen LogP contribution in [0, 0.1) is 0 Å². The number of carbonyl (C=O) groups excluding carboxylic acids is 3. The molecule has 0 fully saturated rings. The van der Waals surface area contributed by atoms with Crippen LogP contribution in [0.15, 0.2) is 85.1 Å². The molecule has 0 N–H and O–H groups in total. The maximum Gasteiger partial charge on any atom is 0.306 e. The number of esters is 3. The minimum atomic E-state index is -0.794. The molecule has 6 nitrogen and oxygen atoms in total. The predicted octanol–water partition coefficient (Wildman–Crippen LogP) is 19.5. The van der Waals surface area contributed by atoms with Crippen molar-refractivity contribution in [2.24, 2.45) is 0 Å². The second kappa shape index (κ2) is 57.2. The average molecular weight is 962 g/mol. The monoisotopic (exact) mass is 961 g/mol. The number of carbonyl (C=O) groups is 3. The first kappa shape index (κ1) is 65.6. The topological polar surface area (TPSA) is 78.9 Å². The summed E-state index contributed by atoms with van der Waals surface area (Å²) in [6.07, 6.45) is 74.3. The predicted molar refractivity (Wildman–Crippen MR) is 297 cm³/mol. The number of allylic oxidation sites excluding steroid dienone is 14. The van der Waals surface area contributed by atoms with Gasteiger partial charge in [-0.25, -0.2) is 0 Å². The summed E-state index contributed by atoms with van der Waals surface area (Å²) >= 11 is 0. The molecule has 0 aliphatic rings. The number of rotatable bonds is 52. The highest BCUT2D eigenvalue weighted by Gasteiger charge is 2.19. The van der Waals surface area contributed by atoms with E-state index < -0.39 is 6.10 Å². The Kier molecular flexibility index (Phi) is 54.3. The molecule has 0 saturated carbocycles. The highest BCUT2D eigenvalue weighted by Crippen LogP contribution is 2.16. The zero-order chi connectivity index (χ0) is 50.0.